The van der Waals surface area contributed by atoms with Crippen LogP contribution in [0.2, 0.25) is 0 Å². The zero-order valence-electron chi connectivity index (χ0n) is 13.6. The van der Waals surface area contributed by atoms with Crippen LogP contribution in [0, 0.1) is 15.5 Å². The highest BCUT2D eigenvalue weighted by molar-refractivity contribution is 5.60. The van der Waals surface area contributed by atoms with Crippen LogP contribution in [0.3, 0.4) is 0 Å². The number of rotatable bonds is 9. The van der Waals surface area contributed by atoms with E-state index in [1.54, 1.807) is 18.8 Å². The highest BCUT2D eigenvalue weighted by Crippen LogP contribution is 2.30. The van der Waals surface area contributed by atoms with E-state index >= 15 is 0 Å². The van der Waals surface area contributed by atoms with Crippen LogP contribution in [-0.4, -0.2) is 35.0 Å². The SMILES string of the molecule is CCCc1nn(C)c(NCC(C)(C)CCOC)c1[N+](=O)[O-]. The van der Waals surface area contributed by atoms with Crippen LogP contribution >= 0.6 is 0 Å². The second-order valence-corrected chi connectivity index (χ2v) is 6.04. The standard InChI is InChI=1S/C14H26N4O3/c1-6-7-11-12(18(19)20)13(17(4)16-11)15-10-14(2,3)8-9-21-5/h15H,6-10H2,1-5H3. The minimum absolute atomic E-state index is 0.0148. The average molecular weight is 298 g/mol. The Morgan fingerprint density at radius 2 is 2.14 bits per heavy atom. The number of ether oxygens (including phenoxy) is 1. The summed E-state index contributed by atoms with van der Waals surface area (Å²) < 4.78 is 6.66. The molecule has 0 amide bonds. The van der Waals surface area contributed by atoms with E-state index in [0.717, 1.165) is 12.8 Å². The van der Waals surface area contributed by atoms with Crippen molar-refractivity contribution in [2.75, 3.05) is 25.6 Å². The third-order valence-corrected chi connectivity index (χ3v) is 3.48. The van der Waals surface area contributed by atoms with Crippen molar-refractivity contribution in [3.8, 4) is 0 Å². The van der Waals surface area contributed by atoms with Gasteiger partial charge in [-0.3, -0.25) is 10.1 Å². The fourth-order valence-corrected chi connectivity index (χ4v) is 2.15. The van der Waals surface area contributed by atoms with Crippen molar-refractivity contribution in [1.29, 1.82) is 0 Å². The first-order chi connectivity index (χ1) is 9.82. The predicted molar refractivity (Wildman–Crippen MR) is 82.6 cm³/mol. The van der Waals surface area contributed by atoms with Crippen LogP contribution < -0.4 is 5.32 Å². The van der Waals surface area contributed by atoms with Gasteiger partial charge < -0.3 is 10.1 Å². The molecule has 0 saturated carbocycles. The van der Waals surface area contributed by atoms with Gasteiger partial charge in [-0.25, -0.2) is 4.68 Å². The second-order valence-electron chi connectivity index (χ2n) is 6.04. The van der Waals surface area contributed by atoms with Crippen molar-refractivity contribution in [2.45, 2.75) is 40.0 Å². The molecule has 7 nitrogen and oxygen atoms in total. The Balaban J connectivity index is 2.90. The summed E-state index contributed by atoms with van der Waals surface area (Å²) in [5.74, 6) is 0.481. The van der Waals surface area contributed by atoms with Gasteiger partial charge in [-0.05, 0) is 18.3 Å². The minimum Gasteiger partial charge on any atom is -0.385 e. The van der Waals surface area contributed by atoms with E-state index < -0.39 is 0 Å². The number of hydrogen-bond acceptors (Lipinski definition) is 5. The predicted octanol–water partition coefficient (Wildman–Crippen LogP) is 2.76. The summed E-state index contributed by atoms with van der Waals surface area (Å²) in [6, 6.07) is 0. The fraction of sp³-hybridized carbons (Fsp3) is 0.786. The highest BCUT2D eigenvalue weighted by Gasteiger charge is 2.27. The highest BCUT2D eigenvalue weighted by atomic mass is 16.6. The minimum atomic E-state index is -0.345. The number of hydrogen-bond donors (Lipinski definition) is 1. The van der Waals surface area contributed by atoms with Crippen molar-refractivity contribution in [3.05, 3.63) is 15.8 Å². The lowest BCUT2D eigenvalue weighted by atomic mass is 9.90. The largest absolute Gasteiger partial charge is 0.385 e. The van der Waals surface area contributed by atoms with Gasteiger partial charge in [-0.2, -0.15) is 5.10 Å². The van der Waals surface area contributed by atoms with Crippen molar-refractivity contribution in [2.24, 2.45) is 12.5 Å². The van der Waals surface area contributed by atoms with Crippen molar-refractivity contribution in [3.63, 3.8) is 0 Å². The molecule has 0 unspecified atom stereocenters. The number of aromatic nitrogens is 2. The molecule has 0 aromatic carbocycles. The van der Waals surface area contributed by atoms with Crippen LogP contribution in [0.25, 0.3) is 0 Å². The van der Waals surface area contributed by atoms with Crippen molar-refractivity contribution >= 4 is 11.5 Å². The topological polar surface area (TPSA) is 82.2 Å². The second kappa shape index (κ2) is 7.40. The number of nitrogens with zero attached hydrogens (tertiary/aromatic N) is 3. The van der Waals surface area contributed by atoms with E-state index in [0.29, 0.717) is 31.1 Å². The molecular weight excluding hydrogens is 272 g/mol. The molecule has 1 heterocycles. The van der Waals surface area contributed by atoms with E-state index in [1.165, 1.54) is 0 Å². The third-order valence-electron chi connectivity index (χ3n) is 3.48. The molecular formula is C14H26N4O3. The molecule has 1 aromatic heterocycles. The van der Waals surface area contributed by atoms with E-state index in [2.05, 4.69) is 24.3 Å². The van der Waals surface area contributed by atoms with Crippen molar-refractivity contribution in [1.82, 2.24) is 9.78 Å². The van der Waals surface area contributed by atoms with E-state index in [1.807, 2.05) is 6.92 Å². The summed E-state index contributed by atoms with van der Waals surface area (Å²) in [6.45, 7) is 7.49. The molecule has 0 aliphatic rings. The number of anilines is 1. The lowest BCUT2D eigenvalue weighted by molar-refractivity contribution is -0.384. The molecule has 0 aliphatic carbocycles. The lowest BCUT2D eigenvalue weighted by Gasteiger charge is -2.24. The van der Waals surface area contributed by atoms with Crippen LogP contribution in [0.4, 0.5) is 11.5 Å². The smallest absolute Gasteiger partial charge is 0.333 e. The fourth-order valence-electron chi connectivity index (χ4n) is 2.15. The molecule has 0 bridgehead atoms. The van der Waals surface area contributed by atoms with Gasteiger partial charge in [-0.15, -0.1) is 0 Å². The molecule has 0 fully saturated rings. The maximum absolute atomic E-state index is 11.3. The van der Waals surface area contributed by atoms with Crippen LogP contribution in [0.5, 0.6) is 0 Å². The molecule has 0 radical (unpaired) electrons. The number of aryl methyl sites for hydroxylation is 2. The summed E-state index contributed by atoms with van der Waals surface area (Å²) in [5.41, 5.74) is 0.628. The molecule has 0 saturated heterocycles. The average Bonchev–Trinajstić information content (AvgIpc) is 2.71. The van der Waals surface area contributed by atoms with Gasteiger partial charge in [0.05, 0.1) is 4.92 Å². The van der Waals surface area contributed by atoms with E-state index in [4.69, 9.17) is 4.74 Å². The van der Waals surface area contributed by atoms with E-state index in [-0.39, 0.29) is 16.0 Å². The van der Waals surface area contributed by atoms with Gasteiger partial charge >= 0.3 is 5.69 Å². The van der Waals surface area contributed by atoms with Crippen LogP contribution in [-0.2, 0) is 18.2 Å². The van der Waals surface area contributed by atoms with Crippen LogP contribution in [0.15, 0.2) is 0 Å². The number of methoxy groups -OCH3 is 1. The maximum atomic E-state index is 11.3. The molecule has 0 atom stereocenters. The van der Waals surface area contributed by atoms with Crippen molar-refractivity contribution < 1.29 is 9.66 Å². The Kier molecular flexibility index (Phi) is 6.14. The molecule has 7 heteroatoms. The first kappa shape index (κ1) is 17.4. The first-order valence-electron chi connectivity index (χ1n) is 7.25. The lowest BCUT2D eigenvalue weighted by Crippen LogP contribution is -2.25. The molecule has 1 N–H and O–H groups in total. The Morgan fingerprint density at radius 3 is 2.67 bits per heavy atom. The monoisotopic (exact) mass is 298 g/mol. The number of nitro groups is 1. The number of nitrogens with one attached hydrogen (secondary N) is 1. The summed E-state index contributed by atoms with van der Waals surface area (Å²) >= 11 is 0. The Hall–Kier alpha value is -1.63. The summed E-state index contributed by atoms with van der Waals surface area (Å²) in [5, 5.41) is 18.8. The molecule has 1 aromatic rings. The molecule has 1 rings (SSSR count). The Morgan fingerprint density at radius 1 is 1.48 bits per heavy atom. The van der Waals surface area contributed by atoms with Crippen LogP contribution in [0.1, 0.15) is 39.3 Å². The molecule has 21 heavy (non-hydrogen) atoms. The van der Waals surface area contributed by atoms with Gasteiger partial charge in [0.25, 0.3) is 0 Å². The van der Waals surface area contributed by atoms with E-state index in [9.17, 15) is 10.1 Å². The third kappa shape index (κ3) is 4.70. The molecule has 0 spiro atoms. The summed E-state index contributed by atoms with van der Waals surface area (Å²) in [7, 11) is 3.41. The molecule has 120 valence electrons. The zero-order chi connectivity index (χ0) is 16.0. The van der Waals surface area contributed by atoms with Gasteiger partial charge in [0.2, 0.25) is 5.82 Å². The maximum Gasteiger partial charge on any atom is 0.333 e. The Labute approximate surface area is 125 Å². The molecule has 0 aliphatic heterocycles. The van der Waals surface area contributed by atoms with Gasteiger partial charge in [0, 0.05) is 27.3 Å². The Bertz CT molecular complexity index is 483. The first-order valence-corrected chi connectivity index (χ1v) is 7.25. The van der Waals surface area contributed by atoms with Gasteiger partial charge in [0.1, 0.15) is 5.69 Å². The zero-order valence-corrected chi connectivity index (χ0v) is 13.6. The van der Waals surface area contributed by atoms with Gasteiger partial charge in [0.15, 0.2) is 0 Å². The summed E-state index contributed by atoms with van der Waals surface area (Å²) in [4.78, 5) is 11.0. The quantitative estimate of drug-likeness (QED) is 0.560. The normalized spacial score (nSPS) is 11.7. The van der Waals surface area contributed by atoms with Gasteiger partial charge in [-0.1, -0.05) is 27.2 Å². The summed E-state index contributed by atoms with van der Waals surface area (Å²) in [6.07, 6.45) is 2.32.